The average Bonchev–Trinajstić information content (AvgIpc) is 2.31. The first-order valence-corrected chi connectivity index (χ1v) is 4.40. The summed E-state index contributed by atoms with van der Waals surface area (Å²) in [4.78, 5) is 13.1. The Balaban J connectivity index is 2.20. The molecule has 0 bridgehead atoms. The number of carbonyl (C=O) groups is 1. The van der Waals surface area contributed by atoms with Crippen LogP contribution in [-0.2, 0) is 4.79 Å². The van der Waals surface area contributed by atoms with Crippen molar-refractivity contribution in [1.82, 2.24) is 4.90 Å². The van der Waals surface area contributed by atoms with Gasteiger partial charge in [-0.25, -0.2) is 0 Å². The molecule has 0 amide bonds. The molecule has 11 heavy (non-hydrogen) atoms. The van der Waals surface area contributed by atoms with Crippen molar-refractivity contribution in [2.45, 2.75) is 38.6 Å². The molecule has 1 aliphatic rings. The summed E-state index contributed by atoms with van der Waals surface area (Å²) in [6.07, 6.45) is 4.41. The Morgan fingerprint density at radius 3 is 2.82 bits per heavy atom. The summed E-state index contributed by atoms with van der Waals surface area (Å²) in [5.41, 5.74) is 0. The summed E-state index contributed by atoms with van der Waals surface area (Å²) in [6, 6.07) is 0.680. The predicted molar refractivity (Wildman–Crippen MR) is 45.6 cm³/mol. The Hall–Kier alpha value is -0.370. The topological polar surface area (TPSA) is 20.3 Å². The van der Waals surface area contributed by atoms with Crippen LogP contribution in [0.25, 0.3) is 0 Å². The number of likely N-dealkylation sites (tertiary alicyclic amines) is 1. The number of hydrogen-bond donors (Lipinski definition) is 0. The molecule has 0 unspecified atom stereocenters. The average molecular weight is 155 g/mol. The highest BCUT2D eigenvalue weighted by Gasteiger charge is 2.20. The number of Topliss-reactive ketones (excluding diaryl/α,β-unsaturated/α-hetero) is 1. The molecule has 1 atom stereocenters. The standard InChI is InChI=1S/C9H17NO/c1-8(11)5-6-9-4-3-7-10(9)2/h9H,3-7H2,1-2H3/t9-/m0/s1. The SMILES string of the molecule is CC(=O)CC[C@@H]1CCCN1C. The van der Waals surface area contributed by atoms with Crippen LogP contribution in [0.2, 0.25) is 0 Å². The van der Waals surface area contributed by atoms with Gasteiger partial charge in [0.15, 0.2) is 0 Å². The Labute approximate surface area is 68.6 Å². The van der Waals surface area contributed by atoms with Crippen molar-refractivity contribution >= 4 is 5.78 Å². The van der Waals surface area contributed by atoms with Gasteiger partial charge in [-0.15, -0.1) is 0 Å². The van der Waals surface area contributed by atoms with E-state index in [-0.39, 0.29) is 0 Å². The van der Waals surface area contributed by atoms with Crippen LogP contribution in [0, 0.1) is 0 Å². The van der Waals surface area contributed by atoms with Crippen LogP contribution in [0.3, 0.4) is 0 Å². The lowest BCUT2D eigenvalue weighted by atomic mass is 10.1. The molecule has 0 aromatic rings. The van der Waals surface area contributed by atoms with Crippen LogP contribution in [0.5, 0.6) is 0 Å². The second kappa shape index (κ2) is 3.86. The van der Waals surface area contributed by atoms with Gasteiger partial charge in [0.1, 0.15) is 5.78 Å². The fraction of sp³-hybridized carbons (Fsp3) is 0.889. The first-order valence-electron chi connectivity index (χ1n) is 4.40. The maximum absolute atomic E-state index is 10.7. The minimum Gasteiger partial charge on any atom is -0.303 e. The summed E-state index contributed by atoms with van der Waals surface area (Å²) < 4.78 is 0. The van der Waals surface area contributed by atoms with Gasteiger partial charge in [-0.1, -0.05) is 0 Å². The van der Waals surface area contributed by atoms with Crippen LogP contribution >= 0.6 is 0 Å². The molecule has 1 aliphatic heterocycles. The molecule has 0 aliphatic carbocycles. The second-order valence-electron chi connectivity index (χ2n) is 3.52. The highest BCUT2D eigenvalue weighted by Crippen LogP contribution is 2.18. The Bertz CT molecular complexity index is 144. The molecule has 1 heterocycles. The molecule has 0 aromatic carbocycles. The molecule has 2 nitrogen and oxygen atoms in total. The zero-order valence-electron chi connectivity index (χ0n) is 7.47. The predicted octanol–water partition coefficient (Wildman–Crippen LogP) is 1.45. The largest absolute Gasteiger partial charge is 0.303 e. The lowest BCUT2D eigenvalue weighted by Gasteiger charge is -2.18. The van der Waals surface area contributed by atoms with E-state index in [0.29, 0.717) is 11.8 Å². The lowest BCUT2D eigenvalue weighted by molar-refractivity contribution is -0.117. The van der Waals surface area contributed by atoms with Crippen molar-refractivity contribution in [3.63, 3.8) is 0 Å². The minimum absolute atomic E-state index is 0.324. The fourth-order valence-electron chi connectivity index (χ4n) is 1.71. The second-order valence-corrected chi connectivity index (χ2v) is 3.52. The highest BCUT2D eigenvalue weighted by molar-refractivity contribution is 5.75. The highest BCUT2D eigenvalue weighted by atomic mass is 16.1. The number of carbonyl (C=O) groups excluding carboxylic acids is 1. The number of hydrogen-bond acceptors (Lipinski definition) is 2. The zero-order valence-corrected chi connectivity index (χ0v) is 7.47. The molecule has 1 fully saturated rings. The molecular weight excluding hydrogens is 138 g/mol. The monoisotopic (exact) mass is 155 g/mol. The van der Waals surface area contributed by atoms with Crippen molar-refractivity contribution in [2.75, 3.05) is 13.6 Å². The van der Waals surface area contributed by atoms with Crippen LogP contribution in [-0.4, -0.2) is 30.3 Å². The number of ketones is 1. The van der Waals surface area contributed by atoms with E-state index in [1.54, 1.807) is 6.92 Å². The Morgan fingerprint density at radius 2 is 2.36 bits per heavy atom. The fourth-order valence-corrected chi connectivity index (χ4v) is 1.71. The molecule has 64 valence electrons. The van der Waals surface area contributed by atoms with Crippen molar-refractivity contribution in [3.8, 4) is 0 Å². The van der Waals surface area contributed by atoms with Crippen LogP contribution in [0.1, 0.15) is 32.6 Å². The summed E-state index contributed by atoms with van der Waals surface area (Å²) >= 11 is 0. The third-order valence-corrected chi connectivity index (χ3v) is 2.50. The van der Waals surface area contributed by atoms with E-state index in [0.717, 1.165) is 12.8 Å². The third-order valence-electron chi connectivity index (χ3n) is 2.50. The van der Waals surface area contributed by atoms with Gasteiger partial charge < -0.3 is 9.69 Å². The van der Waals surface area contributed by atoms with Crippen LogP contribution in [0.15, 0.2) is 0 Å². The van der Waals surface area contributed by atoms with E-state index in [1.807, 2.05) is 0 Å². The van der Waals surface area contributed by atoms with E-state index < -0.39 is 0 Å². The van der Waals surface area contributed by atoms with Gasteiger partial charge in [-0.05, 0) is 39.8 Å². The smallest absolute Gasteiger partial charge is 0.129 e. The van der Waals surface area contributed by atoms with Gasteiger partial charge in [-0.2, -0.15) is 0 Å². The Kier molecular flexibility index (Phi) is 3.06. The first-order chi connectivity index (χ1) is 5.20. The van der Waals surface area contributed by atoms with Crippen LogP contribution in [0.4, 0.5) is 0 Å². The third kappa shape index (κ3) is 2.62. The van der Waals surface area contributed by atoms with E-state index in [2.05, 4.69) is 11.9 Å². The zero-order chi connectivity index (χ0) is 8.27. The normalized spacial score (nSPS) is 25.8. The molecule has 0 saturated carbocycles. The molecular formula is C9H17NO. The van der Waals surface area contributed by atoms with Gasteiger partial charge in [0.2, 0.25) is 0 Å². The van der Waals surface area contributed by atoms with Gasteiger partial charge in [0.25, 0.3) is 0 Å². The van der Waals surface area contributed by atoms with Crippen molar-refractivity contribution in [3.05, 3.63) is 0 Å². The summed E-state index contributed by atoms with van der Waals surface area (Å²) in [7, 11) is 2.15. The van der Waals surface area contributed by atoms with Gasteiger partial charge in [0, 0.05) is 12.5 Å². The lowest BCUT2D eigenvalue weighted by Crippen LogP contribution is -2.25. The van der Waals surface area contributed by atoms with Gasteiger partial charge >= 0.3 is 0 Å². The van der Waals surface area contributed by atoms with E-state index in [1.165, 1.54) is 19.4 Å². The summed E-state index contributed by atoms with van der Waals surface area (Å²) in [5, 5.41) is 0. The maximum atomic E-state index is 10.7. The molecule has 0 spiro atoms. The maximum Gasteiger partial charge on any atom is 0.129 e. The van der Waals surface area contributed by atoms with E-state index in [9.17, 15) is 4.79 Å². The number of rotatable bonds is 3. The molecule has 0 aromatic heterocycles. The van der Waals surface area contributed by atoms with Gasteiger partial charge in [-0.3, -0.25) is 0 Å². The summed E-state index contributed by atoms with van der Waals surface area (Å²) in [6.45, 7) is 2.89. The number of nitrogens with zero attached hydrogens (tertiary/aromatic N) is 1. The van der Waals surface area contributed by atoms with E-state index in [4.69, 9.17) is 0 Å². The van der Waals surface area contributed by atoms with Crippen molar-refractivity contribution in [1.29, 1.82) is 0 Å². The summed E-state index contributed by atoms with van der Waals surface area (Å²) in [5.74, 6) is 0.324. The minimum atomic E-state index is 0.324. The molecule has 1 saturated heterocycles. The molecule has 1 rings (SSSR count). The quantitative estimate of drug-likeness (QED) is 0.615. The first kappa shape index (κ1) is 8.72. The molecule has 2 heteroatoms. The van der Waals surface area contributed by atoms with Crippen LogP contribution < -0.4 is 0 Å². The molecule has 0 radical (unpaired) electrons. The Morgan fingerprint density at radius 1 is 1.64 bits per heavy atom. The van der Waals surface area contributed by atoms with Gasteiger partial charge in [0.05, 0.1) is 0 Å². The van der Waals surface area contributed by atoms with Crippen molar-refractivity contribution in [2.24, 2.45) is 0 Å². The van der Waals surface area contributed by atoms with Crippen molar-refractivity contribution < 1.29 is 4.79 Å². The molecule has 0 N–H and O–H groups in total. The van der Waals surface area contributed by atoms with E-state index >= 15 is 0 Å².